The average Bonchev–Trinajstić information content (AvgIpc) is 2.89. The van der Waals surface area contributed by atoms with Crippen molar-refractivity contribution in [3.63, 3.8) is 0 Å². The number of thiophene rings is 1. The summed E-state index contributed by atoms with van der Waals surface area (Å²) in [6.45, 7) is 0.703. The fourth-order valence-electron chi connectivity index (χ4n) is 3.13. The standard InChI is InChI=1S/C17H21NS/c18-11-14(13-6-2-1-3-7-13)10-15-12-19-17-9-5-4-8-16(15)17/h4-5,8-10,12-13H,1-3,6-7,11,18H2. The average molecular weight is 271 g/mol. The van der Waals surface area contributed by atoms with Crippen LogP contribution in [0.15, 0.2) is 35.2 Å². The SMILES string of the molecule is NCC(=Cc1csc2ccccc12)C1CCCCC1. The zero-order valence-corrected chi connectivity index (χ0v) is 12.1. The first-order valence-corrected chi connectivity index (χ1v) is 8.13. The van der Waals surface area contributed by atoms with Crippen molar-refractivity contribution in [1.29, 1.82) is 0 Å². The lowest BCUT2D eigenvalue weighted by molar-refractivity contribution is 0.401. The molecule has 2 aromatic rings. The van der Waals surface area contributed by atoms with Crippen molar-refractivity contribution >= 4 is 27.5 Å². The molecule has 0 saturated heterocycles. The molecule has 2 N–H and O–H groups in total. The lowest BCUT2D eigenvalue weighted by Gasteiger charge is -2.23. The van der Waals surface area contributed by atoms with Crippen LogP contribution in [0.1, 0.15) is 37.7 Å². The summed E-state index contributed by atoms with van der Waals surface area (Å²) in [5.41, 5.74) is 8.80. The number of nitrogens with two attached hydrogens (primary N) is 1. The van der Waals surface area contributed by atoms with Crippen LogP contribution in [-0.4, -0.2) is 6.54 Å². The number of hydrogen-bond acceptors (Lipinski definition) is 2. The Kier molecular flexibility index (Phi) is 4.00. The summed E-state index contributed by atoms with van der Waals surface area (Å²) < 4.78 is 1.37. The fraction of sp³-hybridized carbons (Fsp3) is 0.412. The van der Waals surface area contributed by atoms with Crippen LogP contribution in [-0.2, 0) is 0 Å². The summed E-state index contributed by atoms with van der Waals surface area (Å²) in [7, 11) is 0. The van der Waals surface area contributed by atoms with E-state index < -0.39 is 0 Å². The number of fused-ring (bicyclic) bond motifs is 1. The molecule has 0 radical (unpaired) electrons. The van der Waals surface area contributed by atoms with Crippen LogP contribution in [0, 0.1) is 5.92 Å². The molecule has 100 valence electrons. The van der Waals surface area contributed by atoms with Crippen molar-refractivity contribution in [2.24, 2.45) is 11.7 Å². The van der Waals surface area contributed by atoms with Gasteiger partial charge in [-0.25, -0.2) is 0 Å². The third kappa shape index (κ3) is 2.75. The second-order valence-corrected chi connectivity index (χ2v) is 6.36. The number of hydrogen-bond donors (Lipinski definition) is 1. The second-order valence-electron chi connectivity index (χ2n) is 5.45. The zero-order valence-electron chi connectivity index (χ0n) is 11.3. The molecule has 0 spiro atoms. The Labute approximate surface area is 119 Å². The maximum absolute atomic E-state index is 6.00. The van der Waals surface area contributed by atoms with Gasteiger partial charge in [-0.2, -0.15) is 0 Å². The van der Waals surface area contributed by atoms with E-state index in [0.717, 1.165) is 5.92 Å². The Bertz CT molecular complexity index is 576. The number of benzene rings is 1. The maximum atomic E-state index is 6.00. The third-order valence-corrected chi connectivity index (χ3v) is 5.20. The Balaban J connectivity index is 1.93. The third-order valence-electron chi connectivity index (χ3n) is 4.22. The highest BCUT2D eigenvalue weighted by Gasteiger charge is 2.17. The van der Waals surface area contributed by atoms with E-state index in [1.807, 2.05) is 11.3 Å². The van der Waals surface area contributed by atoms with Crippen molar-refractivity contribution in [3.05, 3.63) is 40.8 Å². The highest BCUT2D eigenvalue weighted by Crippen LogP contribution is 2.33. The van der Waals surface area contributed by atoms with Gasteiger partial charge in [-0.05, 0) is 41.2 Å². The van der Waals surface area contributed by atoms with Crippen LogP contribution < -0.4 is 5.73 Å². The quantitative estimate of drug-likeness (QED) is 0.850. The molecule has 1 aromatic carbocycles. The van der Waals surface area contributed by atoms with Gasteiger partial charge in [0.15, 0.2) is 0 Å². The minimum atomic E-state index is 0.703. The molecule has 0 aliphatic heterocycles. The molecule has 1 nitrogen and oxygen atoms in total. The molecule has 1 heterocycles. The Morgan fingerprint density at radius 3 is 2.79 bits per heavy atom. The molecule has 19 heavy (non-hydrogen) atoms. The van der Waals surface area contributed by atoms with Gasteiger partial charge < -0.3 is 5.73 Å². The van der Waals surface area contributed by atoms with Gasteiger partial charge in [-0.3, -0.25) is 0 Å². The largest absolute Gasteiger partial charge is 0.327 e. The van der Waals surface area contributed by atoms with E-state index in [-0.39, 0.29) is 0 Å². The first kappa shape index (κ1) is 12.9. The molecule has 1 saturated carbocycles. The minimum absolute atomic E-state index is 0.703. The monoisotopic (exact) mass is 271 g/mol. The Hall–Kier alpha value is -1.12. The second kappa shape index (κ2) is 5.89. The molecule has 2 heteroatoms. The molecule has 1 aliphatic rings. The van der Waals surface area contributed by atoms with Crippen molar-refractivity contribution in [3.8, 4) is 0 Å². The Morgan fingerprint density at radius 2 is 2.00 bits per heavy atom. The van der Waals surface area contributed by atoms with Gasteiger partial charge in [0.05, 0.1) is 0 Å². The predicted octanol–water partition coefficient (Wildman–Crippen LogP) is 4.82. The number of rotatable bonds is 3. The molecule has 0 unspecified atom stereocenters. The van der Waals surface area contributed by atoms with E-state index in [9.17, 15) is 0 Å². The molecule has 1 aliphatic carbocycles. The van der Waals surface area contributed by atoms with Gasteiger partial charge in [0.1, 0.15) is 0 Å². The van der Waals surface area contributed by atoms with Gasteiger partial charge >= 0.3 is 0 Å². The van der Waals surface area contributed by atoms with Crippen LogP contribution in [0.3, 0.4) is 0 Å². The summed E-state index contributed by atoms with van der Waals surface area (Å²) in [4.78, 5) is 0. The van der Waals surface area contributed by atoms with E-state index in [2.05, 4.69) is 35.7 Å². The van der Waals surface area contributed by atoms with E-state index in [1.165, 1.54) is 53.3 Å². The highest BCUT2D eigenvalue weighted by molar-refractivity contribution is 7.17. The van der Waals surface area contributed by atoms with Crippen molar-refractivity contribution < 1.29 is 0 Å². The first-order valence-electron chi connectivity index (χ1n) is 7.25. The summed E-state index contributed by atoms with van der Waals surface area (Å²) in [6, 6.07) is 8.64. The minimum Gasteiger partial charge on any atom is -0.327 e. The van der Waals surface area contributed by atoms with Crippen molar-refractivity contribution in [1.82, 2.24) is 0 Å². The molecule has 1 aromatic heterocycles. The molecule has 0 bridgehead atoms. The van der Waals surface area contributed by atoms with Crippen LogP contribution in [0.4, 0.5) is 0 Å². The van der Waals surface area contributed by atoms with Crippen LogP contribution in [0.2, 0.25) is 0 Å². The highest BCUT2D eigenvalue weighted by atomic mass is 32.1. The molecule has 0 atom stereocenters. The van der Waals surface area contributed by atoms with Crippen molar-refractivity contribution in [2.75, 3.05) is 6.54 Å². The molecular weight excluding hydrogens is 250 g/mol. The van der Waals surface area contributed by atoms with Gasteiger partial charge in [0, 0.05) is 11.2 Å². The summed E-state index contributed by atoms with van der Waals surface area (Å²) in [5, 5.41) is 3.64. The van der Waals surface area contributed by atoms with Gasteiger partial charge in [0.25, 0.3) is 0 Å². The normalized spacial score (nSPS) is 18.1. The van der Waals surface area contributed by atoms with Gasteiger partial charge in [0.2, 0.25) is 0 Å². The summed E-state index contributed by atoms with van der Waals surface area (Å²) >= 11 is 1.83. The van der Waals surface area contributed by atoms with Gasteiger partial charge in [-0.15, -0.1) is 11.3 Å². The fourth-order valence-corrected chi connectivity index (χ4v) is 4.05. The lowest BCUT2D eigenvalue weighted by Crippen LogP contribution is -2.16. The molecular formula is C17H21NS. The van der Waals surface area contributed by atoms with Crippen molar-refractivity contribution in [2.45, 2.75) is 32.1 Å². The molecule has 3 rings (SSSR count). The molecule has 0 amide bonds. The van der Waals surface area contributed by atoms with Crippen LogP contribution in [0.25, 0.3) is 16.2 Å². The van der Waals surface area contributed by atoms with E-state index >= 15 is 0 Å². The lowest BCUT2D eigenvalue weighted by atomic mass is 9.83. The van der Waals surface area contributed by atoms with Crippen LogP contribution in [0.5, 0.6) is 0 Å². The maximum Gasteiger partial charge on any atom is 0.0348 e. The predicted molar refractivity (Wildman–Crippen MR) is 85.4 cm³/mol. The first-order chi connectivity index (χ1) is 9.38. The van der Waals surface area contributed by atoms with E-state index in [4.69, 9.17) is 5.73 Å². The van der Waals surface area contributed by atoms with E-state index in [1.54, 1.807) is 0 Å². The summed E-state index contributed by atoms with van der Waals surface area (Å²) in [5.74, 6) is 0.720. The van der Waals surface area contributed by atoms with Gasteiger partial charge in [-0.1, -0.05) is 49.1 Å². The zero-order chi connectivity index (χ0) is 13.1. The summed E-state index contributed by atoms with van der Waals surface area (Å²) in [6.07, 6.45) is 9.14. The Morgan fingerprint density at radius 1 is 1.21 bits per heavy atom. The van der Waals surface area contributed by atoms with Crippen LogP contribution >= 0.6 is 11.3 Å². The van der Waals surface area contributed by atoms with E-state index in [0.29, 0.717) is 6.54 Å². The molecule has 1 fully saturated rings. The smallest absolute Gasteiger partial charge is 0.0348 e. The topological polar surface area (TPSA) is 26.0 Å².